The first kappa shape index (κ1) is 12.5. The molecular formula is C17H16N2O. The highest BCUT2D eigenvalue weighted by molar-refractivity contribution is 5.87. The lowest BCUT2D eigenvalue weighted by Gasteiger charge is -2.12. The molecule has 0 radical (unpaired) electrons. The maximum Gasteiger partial charge on any atom is 0.120 e. The summed E-state index contributed by atoms with van der Waals surface area (Å²) in [6.45, 7) is 0.544. The van der Waals surface area contributed by atoms with Crippen molar-refractivity contribution in [2.75, 3.05) is 5.43 Å². The van der Waals surface area contributed by atoms with E-state index in [-0.39, 0.29) is 0 Å². The molecule has 0 saturated heterocycles. The Morgan fingerprint density at radius 2 is 1.55 bits per heavy atom. The van der Waals surface area contributed by atoms with Crippen molar-refractivity contribution >= 4 is 16.5 Å². The van der Waals surface area contributed by atoms with E-state index in [2.05, 4.69) is 10.9 Å². The molecule has 0 saturated carbocycles. The van der Waals surface area contributed by atoms with Crippen molar-refractivity contribution in [2.45, 2.75) is 6.54 Å². The normalized spacial score (nSPS) is 10.6. The van der Waals surface area contributed by atoms with Crippen molar-refractivity contribution in [3.05, 3.63) is 72.3 Å². The zero-order chi connectivity index (χ0) is 13.8. The lowest BCUT2D eigenvalue weighted by atomic mass is 10.0. The molecule has 0 bridgehead atoms. The molecule has 0 aliphatic rings. The Morgan fingerprint density at radius 1 is 0.800 bits per heavy atom. The van der Waals surface area contributed by atoms with Gasteiger partial charge in [-0.1, -0.05) is 48.5 Å². The van der Waals surface area contributed by atoms with Crippen molar-refractivity contribution in [1.29, 1.82) is 0 Å². The molecule has 0 aliphatic carbocycles. The van der Waals surface area contributed by atoms with Crippen LogP contribution in [0.25, 0.3) is 10.8 Å². The van der Waals surface area contributed by atoms with Crippen LogP contribution in [0, 0.1) is 0 Å². The second-order valence-corrected chi connectivity index (χ2v) is 4.63. The monoisotopic (exact) mass is 264 g/mol. The number of anilines is 1. The Bertz CT molecular complexity index is 711. The standard InChI is InChI=1S/C17H16N2O/c20-17-11-10-13-6-4-5-9-15(13)16(17)12-18-19-14-7-2-1-3-8-14/h1-11,18-20H,12H2. The maximum absolute atomic E-state index is 10.0. The van der Waals surface area contributed by atoms with E-state index in [4.69, 9.17) is 0 Å². The molecule has 0 aliphatic heterocycles. The molecule has 3 nitrogen and oxygen atoms in total. The first-order valence-electron chi connectivity index (χ1n) is 6.58. The van der Waals surface area contributed by atoms with Crippen molar-refractivity contribution in [2.24, 2.45) is 0 Å². The number of para-hydroxylation sites is 1. The van der Waals surface area contributed by atoms with E-state index in [1.165, 1.54) is 0 Å². The first-order chi connectivity index (χ1) is 9.84. The summed E-state index contributed by atoms with van der Waals surface area (Å²) in [4.78, 5) is 0. The number of phenolic OH excluding ortho intramolecular Hbond substituents is 1. The van der Waals surface area contributed by atoms with Crippen molar-refractivity contribution in [1.82, 2.24) is 5.43 Å². The van der Waals surface area contributed by atoms with Gasteiger partial charge in [-0.2, -0.15) is 0 Å². The molecule has 0 heterocycles. The summed E-state index contributed by atoms with van der Waals surface area (Å²) in [7, 11) is 0. The van der Waals surface area contributed by atoms with Gasteiger partial charge in [-0.05, 0) is 29.0 Å². The number of aromatic hydroxyl groups is 1. The molecule has 0 aromatic heterocycles. The molecule has 0 spiro atoms. The number of hydrogen-bond donors (Lipinski definition) is 3. The zero-order valence-electron chi connectivity index (χ0n) is 11.0. The third-order valence-electron chi connectivity index (χ3n) is 3.29. The van der Waals surface area contributed by atoms with Gasteiger partial charge in [0.15, 0.2) is 0 Å². The second kappa shape index (κ2) is 5.63. The van der Waals surface area contributed by atoms with Crippen molar-refractivity contribution in [3.8, 4) is 5.75 Å². The number of benzene rings is 3. The van der Waals surface area contributed by atoms with Crippen LogP contribution < -0.4 is 10.9 Å². The largest absolute Gasteiger partial charge is 0.508 e. The summed E-state index contributed by atoms with van der Waals surface area (Å²) in [6, 6.07) is 21.6. The van der Waals surface area contributed by atoms with E-state index in [9.17, 15) is 5.11 Å². The molecule has 3 N–H and O–H groups in total. The van der Waals surface area contributed by atoms with Gasteiger partial charge < -0.3 is 10.5 Å². The SMILES string of the molecule is Oc1ccc2ccccc2c1CNNc1ccccc1. The third-order valence-corrected chi connectivity index (χ3v) is 3.29. The third kappa shape index (κ3) is 2.58. The zero-order valence-corrected chi connectivity index (χ0v) is 11.0. The molecule has 3 aromatic carbocycles. The van der Waals surface area contributed by atoms with E-state index in [0.717, 1.165) is 22.0 Å². The minimum Gasteiger partial charge on any atom is -0.508 e. The van der Waals surface area contributed by atoms with E-state index in [1.807, 2.05) is 60.7 Å². The van der Waals surface area contributed by atoms with Gasteiger partial charge in [0.05, 0.1) is 0 Å². The van der Waals surface area contributed by atoms with Crippen LogP contribution >= 0.6 is 0 Å². The van der Waals surface area contributed by atoms with E-state index in [1.54, 1.807) is 6.07 Å². The van der Waals surface area contributed by atoms with E-state index in [0.29, 0.717) is 12.3 Å². The van der Waals surface area contributed by atoms with Gasteiger partial charge in [0.25, 0.3) is 0 Å². The fourth-order valence-electron chi connectivity index (χ4n) is 2.27. The quantitative estimate of drug-likeness (QED) is 0.630. The molecule has 0 unspecified atom stereocenters. The van der Waals surface area contributed by atoms with Crippen molar-refractivity contribution in [3.63, 3.8) is 0 Å². The molecule has 0 atom stereocenters. The second-order valence-electron chi connectivity index (χ2n) is 4.63. The number of nitrogens with one attached hydrogen (secondary N) is 2. The number of rotatable bonds is 4. The topological polar surface area (TPSA) is 44.3 Å². The van der Waals surface area contributed by atoms with E-state index >= 15 is 0 Å². The molecule has 20 heavy (non-hydrogen) atoms. The summed E-state index contributed by atoms with van der Waals surface area (Å²) >= 11 is 0. The minimum absolute atomic E-state index is 0.311. The van der Waals surface area contributed by atoms with Crippen LogP contribution in [0.15, 0.2) is 66.7 Å². The molecular weight excluding hydrogens is 248 g/mol. The van der Waals surface area contributed by atoms with Crippen LogP contribution in [-0.2, 0) is 6.54 Å². The van der Waals surface area contributed by atoms with Crippen LogP contribution in [0.3, 0.4) is 0 Å². The Kier molecular flexibility index (Phi) is 3.52. The predicted molar refractivity (Wildman–Crippen MR) is 82.5 cm³/mol. The average molecular weight is 264 g/mol. The van der Waals surface area contributed by atoms with Crippen LogP contribution in [0.1, 0.15) is 5.56 Å². The van der Waals surface area contributed by atoms with Crippen LogP contribution in [0.2, 0.25) is 0 Å². The Labute approximate surface area is 117 Å². The maximum atomic E-state index is 10.0. The van der Waals surface area contributed by atoms with Gasteiger partial charge in [-0.15, -0.1) is 0 Å². The Balaban J connectivity index is 1.79. The molecule has 0 fully saturated rings. The van der Waals surface area contributed by atoms with Gasteiger partial charge in [0.1, 0.15) is 5.75 Å². The van der Waals surface area contributed by atoms with Gasteiger partial charge >= 0.3 is 0 Å². The summed E-state index contributed by atoms with van der Waals surface area (Å²) in [5, 5.41) is 12.2. The summed E-state index contributed by atoms with van der Waals surface area (Å²) in [5.74, 6) is 0.311. The lowest BCUT2D eigenvalue weighted by Crippen LogP contribution is -2.21. The first-order valence-corrected chi connectivity index (χ1v) is 6.58. The van der Waals surface area contributed by atoms with Gasteiger partial charge in [0, 0.05) is 17.8 Å². The molecule has 3 heteroatoms. The summed E-state index contributed by atoms with van der Waals surface area (Å²) < 4.78 is 0. The molecule has 3 aromatic rings. The number of hydrogen-bond acceptors (Lipinski definition) is 3. The highest BCUT2D eigenvalue weighted by atomic mass is 16.3. The fraction of sp³-hybridized carbons (Fsp3) is 0.0588. The lowest BCUT2D eigenvalue weighted by molar-refractivity contribution is 0.467. The Hall–Kier alpha value is -2.52. The minimum atomic E-state index is 0.311. The summed E-state index contributed by atoms with van der Waals surface area (Å²) in [5.41, 5.74) is 8.15. The van der Waals surface area contributed by atoms with Gasteiger partial charge in [-0.3, -0.25) is 0 Å². The number of hydrazine groups is 1. The van der Waals surface area contributed by atoms with Crippen LogP contribution in [0.5, 0.6) is 5.75 Å². The van der Waals surface area contributed by atoms with Crippen molar-refractivity contribution < 1.29 is 5.11 Å². The highest BCUT2D eigenvalue weighted by Gasteiger charge is 2.05. The van der Waals surface area contributed by atoms with Crippen LogP contribution in [0.4, 0.5) is 5.69 Å². The van der Waals surface area contributed by atoms with Gasteiger partial charge in [0.2, 0.25) is 0 Å². The van der Waals surface area contributed by atoms with Crippen LogP contribution in [-0.4, -0.2) is 5.11 Å². The number of fused-ring (bicyclic) bond motifs is 1. The average Bonchev–Trinajstić information content (AvgIpc) is 2.50. The van der Waals surface area contributed by atoms with Gasteiger partial charge in [-0.25, -0.2) is 5.43 Å². The fourth-order valence-corrected chi connectivity index (χ4v) is 2.27. The molecule has 100 valence electrons. The molecule has 0 amide bonds. The summed E-state index contributed by atoms with van der Waals surface area (Å²) in [6.07, 6.45) is 0. The smallest absolute Gasteiger partial charge is 0.120 e. The predicted octanol–water partition coefficient (Wildman–Crippen LogP) is 3.66. The van der Waals surface area contributed by atoms with E-state index < -0.39 is 0 Å². The highest BCUT2D eigenvalue weighted by Crippen LogP contribution is 2.26. The molecule has 3 rings (SSSR count). The Morgan fingerprint density at radius 3 is 2.40 bits per heavy atom. The number of phenols is 1.